The molecule has 1 heterocycles. The fraction of sp³-hybridized carbons (Fsp3) is 0.529. The normalized spacial score (nSPS) is 26.6. The van der Waals surface area contributed by atoms with Crippen LogP contribution in [0.25, 0.3) is 0 Å². The van der Waals surface area contributed by atoms with E-state index >= 15 is 0 Å². The number of Topliss-reactive ketones (excluding diaryl/α,β-unsaturated/α-hetero) is 1. The highest BCUT2D eigenvalue weighted by Gasteiger charge is 2.59. The van der Waals surface area contributed by atoms with E-state index in [1.807, 2.05) is 0 Å². The second-order valence-corrected chi connectivity index (χ2v) is 6.46. The SMILES string of the molecule is CC(=O)NC1=NC2(C(=O)COC(C)=O)C(OC(C)=O)C=C(C)CC2C(=O)N1. The Morgan fingerprint density at radius 2 is 1.93 bits per heavy atom. The second-order valence-electron chi connectivity index (χ2n) is 6.46. The summed E-state index contributed by atoms with van der Waals surface area (Å²) in [6.45, 7) is 4.59. The van der Waals surface area contributed by atoms with Crippen LogP contribution in [0.4, 0.5) is 0 Å². The molecular weight excluding hydrogens is 358 g/mol. The van der Waals surface area contributed by atoms with E-state index in [-0.39, 0.29) is 12.4 Å². The molecule has 2 aliphatic rings. The number of rotatable bonds is 4. The van der Waals surface area contributed by atoms with E-state index in [1.165, 1.54) is 19.9 Å². The minimum atomic E-state index is -1.85. The molecule has 1 aliphatic carbocycles. The highest BCUT2D eigenvalue weighted by molar-refractivity contribution is 6.11. The number of hydrogen-bond acceptors (Lipinski definition) is 8. The Morgan fingerprint density at radius 3 is 2.48 bits per heavy atom. The van der Waals surface area contributed by atoms with Crippen LogP contribution in [0.2, 0.25) is 0 Å². The van der Waals surface area contributed by atoms with Crippen LogP contribution in [0.3, 0.4) is 0 Å². The summed E-state index contributed by atoms with van der Waals surface area (Å²) < 4.78 is 10.1. The number of carbonyl (C=O) groups excluding carboxylic acids is 5. The monoisotopic (exact) mass is 379 g/mol. The first-order valence-corrected chi connectivity index (χ1v) is 8.25. The van der Waals surface area contributed by atoms with Gasteiger partial charge in [-0.3, -0.25) is 34.6 Å². The van der Waals surface area contributed by atoms with Crippen molar-refractivity contribution in [2.45, 2.75) is 45.8 Å². The fourth-order valence-electron chi connectivity index (χ4n) is 3.21. The predicted molar refractivity (Wildman–Crippen MR) is 91.2 cm³/mol. The molecule has 0 spiro atoms. The highest BCUT2D eigenvalue weighted by atomic mass is 16.5. The Kier molecular flexibility index (Phi) is 5.77. The second kappa shape index (κ2) is 7.68. The van der Waals surface area contributed by atoms with Gasteiger partial charge >= 0.3 is 11.9 Å². The van der Waals surface area contributed by atoms with Gasteiger partial charge in [0.05, 0.1) is 5.92 Å². The molecule has 1 aliphatic heterocycles. The molecule has 2 amide bonds. The Hall–Kier alpha value is -3.04. The molecule has 27 heavy (non-hydrogen) atoms. The van der Waals surface area contributed by atoms with Gasteiger partial charge in [-0.25, -0.2) is 4.99 Å². The maximum absolute atomic E-state index is 13.0. The van der Waals surface area contributed by atoms with Crippen molar-refractivity contribution in [2.75, 3.05) is 6.61 Å². The molecule has 0 radical (unpaired) electrons. The number of amides is 2. The number of nitrogens with zero attached hydrogens (tertiary/aromatic N) is 1. The zero-order chi connectivity index (χ0) is 20.4. The smallest absolute Gasteiger partial charge is 0.303 e. The Bertz CT molecular complexity index is 770. The predicted octanol–water partition coefficient (Wildman–Crippen LogP) is -0.623. The van der Waals surface area contributed by atoms with Crippen molar-refractivity contribution in [1.82, 2.24) is 10.6 Å². The molecule has 0 fully saturated rings. The summed E-state index contributed by atoms with van der Waals surface area (Å²) in [5.41, 5.74) is -1.11. The molecule has 3 unspecified atom stereocenters. The van der Waals surface area contributed by atoms with E-state index in [1.54, 1.807) is 6.92 Å². The lowest BCUT2D eigenvalue weighted by Crippen LogP contribution is -2.67. The topological polar surface area (TPSA) is 140 Å². The largest absolute Gasteiger partial charge is 0.458 e. The maximum atomic E-state index is 13.0. The molecule has 2 N–H and O–H groups in total. The van der Waals surface area contributed by atoms with E-state index in [4.69, 9.17) is 9.47 Å². The number of allylic oxidation sites excluding steroid dienone is 1. The molecule has 0 saturated carbocycles. The third-order valence-electron chi connectivity index (χ3n) is 4.22. The van der Waals surface area contributed by atoms with Crippen molar-refractivity contribution < 1.29 is 33.4 Å². The van der Waals surface area contributed by atoms with Gasteiger partial charge in [0.25, 0.3) is 0 Å². The van der Waals surface area contributed by atoms with Gasteiger partial charge < -0.3 is 9.47 Å². The van der Waals surface area contributed by atoms with Crippen LogP contribution in [0.15, 0.2) is 16.6 Å². The van der Waals surface area contributed by atoms with E-state index in [9.17, 15) is 24.0 Å². The Morgan fingerprint density at radius 1 is 1.26 bits per heavy atom. The van der Waals surface area contributed by atoms with Crippen molar-refractivity contribution in [3.63, 3.8) is 0 Å². The van der Waals surface area contributed by atoms with Crippen LogP contribution in [0, 0.1) is 5.92 Å². The summed E-state index contributed by atoms with van der Waals surface area (Å²) >= 11 is 0. The van der Waals surface area contributed by atoms with Crippen LogP contribution in [-0.4, -0.2) is 53.7 Å². The molecule has 0 aromatic carbocycles. The van der Waals surface area contributed by atoms with E-state index in [2.05, 4.69) is 15.6 Å². The van der Waals surface area contributed by atoms with E-state index in [0.29, 0.717) is 0 Å². The average Bonchev–Trinajstić information content (AvgIpc) is 2.52. The van der Waals surface area contributed by atoms with Gasteiger partial charge in [0.15, 0.2) is 18.2 Å². The van der Waals surface area contributed by atoms with Gasteiger partial charge in [-0.1, -0.05) is 5.57 Å². The van der Waals surface area contributed by atoms with Gasteiger partial charge in [-0.05, 0) is 19.4 Å². The highest BCUT2D eigenvalue weighted by Crippen LogP contribution is 2.41. The van der Waals surface area contributed by atoms with Crippen molar-refractivity contribution in [2.24, 2.45) is 10.9 Å². The number of aliphatic imine (C=N–C) groups is 1. The summed E-state index contributed by atoms with van der Waals surface area (Å²) in [5, 5.41) is 4.77. The van der Waals surface area contributed by atoms with Gasteiger partial charge in [0.1, 0.15) is 0 Å². The van der Waals surface area contributed by atoms with Crippen molar-refractivity contribution in [1.29, 1.82) is 0 Å². The summed E-state index contributed by atoms with van der Waals surface area (Å²) in [7, 11) is 0. The average molecular weight is 379 g/mol. The number of ketones is 1. The molecule has 10 nitrogen and oxygen atoms in total. The molecule has 10 heteroatoms. The summed E-state index contributed by atoms with van der Waals surface area (Å²) in [4.78, 5) is 64.1. The number of ether oxygens (including phenoxy) is 2. The third kappa shape index (κ3) is 4.21. The molecule has 3 atom stereocenters. The number of nitrogens with one attached hydrogen (secondary N) is 2. The molecule has 0 saturated heterocycles. The Labute approximate surface area is 155 Å². The fourth-order valence-corrected chi connectivity index (χ4v) is 3.21. The lowest BCUT2D eigenvalue weighted by Gasteiger charge is -2.44. The van der Waals surface area contributed by atoms with Crippen molar-refractivity contribution in [3.8, 4) is 0 Å². The number of carbonyl (C=O) groups is 5. The number of fused-ring (bicyclic) bond motifs is 1. The summed E-state index contributed by atoms with van der Waals surface area (Å²) in [6.07, 6.45) is 0.537. The van der Waals surface area contributed by atoms with Crippen molar-refractivity contribution >= 4 is 35.5 Å². The zero-order valence-corrected chi connectivity index (χ0v) is 15.5. The van der Waals surface area contributed by atoms with Crippen molar-refractivity contribution in [3.05, 3.63) is 11.6 Å². The number of esters is 2. The maximum Gasteiger partial charge on any atom is 0.303 e. The first-order chi connectivity index (χ1) is 12.6. The van der Waals surface area contributed by atoms with Crippen LogP contribution < -0.4 is 10.6 Å². The Balaban J connectivity index is 2.61. The number of hydrogen-bond donors (Lipinski definition) is 2. The van der Waals surface area contributed by atoms with Crippen LogP contribution in [0.5, 0.6) is 0 Å². The van der Waals surface area contributed by atoms with Gasteiger partial charge in [-0.2, -0.15) is 0 Å². The lowest BCUT2D eigenvalue weighted by molar-refractivity contribution is -0.159. The summed E-state index contributed by atoms with van der Waals surface area (Å²) in [5.74, 6) is -4.37. The molecule has 0 aromatic rings. The lowest BCUT2D eigenvalue weighted by atomic mass is 9.68. The van der Waals surface area contributed by atoms with Gasteiger partial charge in [-0.15, -0.1) is 0 Å². The molecule has 0 bridgehead atoms. The first kappa shape index (κ1) is 20.3. The molecule has 146 valence electrons. The van der Waals surface area contributed by atoms with E-state index < -0.39 is 53.7 Å². The van der Waals surface area contributed by atoms with Gasteiger partial charge in [0, 0.05) is 20.8 Å². The van der Waals surface area contributed by atoms with E-state index in [0.717, 1.165) is 12.5 Å². The van der Waals surface area contributed by atoms with Gasteiger partial charge in [0.2, 0.25) is 23.6 Å². The standard InChI is InChI=1S/C17H21N3O7/c1-8-5-12-15(25)19-16(18-9(2)21)20-17(12,13(24)7-26-10(3)22)14(6-8)27-11(4)23/h6,12,14H,5,7H2,1-4H3,(H2,18,19,20,21,25). The zero-order valence-electron chi connectivity index (χ0n) is 15.5. The van der Waals surface area contributed by atoms with Crippen LogP contribution >= 0.6 is 0 Å². The quantitative estimate of drug-likeness (QED) is 0.490. The summed E-state index contributed by atoms with van der Waals surface area (Å²) in [6, 6.07) is 0. The first-order valence-electron chi connectivity index (χ1n) is 8.25. The molecular formula is C17H21N3O7. The molecule has 0 aromatic heterocycles. The van der Waals surface area contributed by atoms with Crippen LogP contribution in [0.1, 0.15) is 34.1 Å². The third-order valence-corrected chi connectivity index (χ3v) is 4.22. The molecule has 2 rings (SSSR count). The van der Waals surface area contributed by atoms with Crippen LogP contribution in [-0.2, 0) is 33.4 Å². The minimum Gasteiger partial charge on any atom is -0.458 e. The number of guanidine groups is 1. The minimum absolute atomic E-state index is 0.187.